The van der Waals surface area contributed by atoms with Crippen molar-refractivity contribution in [3.63, 3.8) is 0 Å². The average Bonchev–Trinajstić information content (AvgIpc) is 3.11. The number of hydrogen-bond donors (Lipinski definition) is 1. The van der Waals surface area contributed by atoms with Gasteiger partial charge in [-0.15, -0.1) is 0 Å². The molecule has 4 heteroatoms. The zero-order valence-electron chi connectivity index (χ0n) is 14.7. The molecule has 0 aliphatic rings. The fourth-order valence-corrected chi connectivity index (χ4v) is 3.84. The molecular weight excluding hydrogens is 336 g/mol. The molecule has 3 aromatic carbocycles. The van der Waals surface area contributed by atoms with Crippen molar-refractivity contribution in [1.29, 1.82) is 0 Å². The molecule has 0 atom stereocenters. The second kappa shape index (κ2) is 5.95. The minimum atomic E-state index is -0.337. The van der Waals surface area contributed by atoms with E-state index in [0.717, 1.165) is 43.7 Å². The number of nitrogens with one attached hydrogen (secondary N) is 1. The number of carbonyl (C=O) groups is 1. The van der Waals surface area contributed by atoms with Gasteiger partial charge in [0.15, 0.2) is 0 Å². The Balaban J connectivity index is 1.94. The van der Waals surface area contributed by atoms with E-state index < -0.39 is 0 Å². The molecule has 0 unspecified atom stereocenters. The number of ether oxygens (including phenoxy) is 1. The third kappa shape index (κ3) is 2.30. The predicted molar refractivity (Wildman–Crippen MR) is 108 cm³/mol. The number of methoxy groups -OCH3 is 1. The Hall–Kier alpha value is -3.66. The van der Waals surface area contributed by atoms with Crippen molar-refractivity contribution in [2.75, 3.05) is 7.11 Å². The Morgan fingerprint density at radius 3 is 2.52 bits per heavy atom. The van der Waals surface area contributed by atoms with Crippen LogP contribution in [0, 0.1) is 0 Å². The normalized spacial score (nSPS) is 11.3. The first-order valence-electron chi connectivity index (χ1n) is 8.73. The van der Waals surface area contributed by atoms with Crippen LogP contribution in [0.1, 0.15) is 10.4 Å². The minimum absolute atomic E-state index is 0.337. The lowest BCUT2D eigenvalue weighted by molar-refractivity contribution is 0.0601. The number of benzene rings is 3. The molecule has 0 bridgehead atoms. The van der Waals surface area contributed by atoms with Gasteiger partial charge in [-0.25, -0.2) is 4.79 Å². The van der Waals surface area contributed by atoms with E-state index >= 15 is 0 Å². The summed E-state index contributed by atoms with van der Waals surface area (Å²) in [4.78, 5) is 20.1. The van der Waals surface area contributed by atoms with Gasteiger partial charge in [0.25, 0.3) is 0 Å². The summed E-state index contributed by atoms with van der Waals surface area (Å²) < 4.78 is 4.99. The van der Waals surface area contributed by atoms with E-state index in [1.54, 1.807) is 12.3 Å². The lowest BCUT2D eigenvalue weighted by atomic mass is 9.92. The zero-order chi connectivity index (χ0) is 18.4. The topological polar surface area (TPSA) is 55.0 Å². The molecule has 0 fully saturated rings. The Labute approximate surface area is 155 Å². The van der Waals surface area contributed by atoms with Crippen molar-refractivity contribution in [1.82, 2.24) is 9.97 Å². The number of carbonyl (C=O) groups excluding carboxylic acids is 1. The van der Waals surface area contributed by atoms with Crippen LogP contribution in [0.4, 0.5) is 0 Å². The minimum Gasteiger partial charge on any atom is -0.465 e. The summed E-state index contributed by atoms with van der Waals surface area (Å²) in [6.45, 7) is 0. The maximum atomic E-state index is 12.3. The van der Waals surface area contributed by atoms with Gasteiger partial charge in [0.1, 0.15) is 0 Å². The van der Waals surface area contributed by atoms with Gasteiger partial charge in [0.05, 0.1) is 12.7 Å². The molecule has 0 amide bonds. The highest BCUT2D eigenvalue weighted by atomic mass is 16.5. The Bertz CT molecular complexity index is 1330. The summed E-state index contributed by atoms with van der Waals surface area (Å²) >= 11 is 0. The molecule has 0 saturated heterocycles. The summed E-state index contributed by atoms with van der Waals surface area (Å²) in [6, 6.07) is 19.9. The van der Waals surface area contributed by atoms with E-state index in [1.807, 2.05) is 42.6 Å². The van der Waals surface area contributed by atoms with Crippen molar-refractivity contribution in [3.8, 4) is 11.1 Å². The molecule has 0 spiro atoms. The van der Waals surface area contributed by atoms with Crippen molar-refractivity contribution < 1.29 is 9.53 Å². The van der Waals surface area contributed by atoms with Gasteiger partial charge >= 0.3 is 5.97 Å². The molecule has 5 rings (SSSR count). The van der Waals surface area contributed by atoms with Gasteiger partial charge in [-0.3, -0.25) is 4.98 Å². The largest absolute Gasteiger partial charge is 0.465 e. The monoisotopic (exact) mass is 352 g/mol. The number of H-pyrrole nitrogens is 1. The molecule has 5 aromatic rings. The van der Waals surface area contributed by atoms with E-state index in [9.17, 15) is 4.79 Å². The highest BCUT2D eigenvalue weighted by Crippen LogP contribution is 2.39. The van der Waals surface area contributed by atoms with E-state index in [4.69, 9.17) is 4.74 Å². The van der Waals surface area contributed by atoms with Crippen molar-refractivity contribution in [2.24, 2.45) is 0 Å². The average molecular weight is 352 g/mol. The van der Waals surface area contributed by atoms with E-state index in [-0.39, 0.29) is 5.97 Å². The number of fused-ring (bicyclic) bond motifs is 5. The highest BCUT2D eigenvalue weighted by Gasteiger charge is 2.17. The first kappa shape index (κ1) is 15.6. The summed E-state index contributed by atoms with van der Waals surface area (Å²) in [5.74, 6) is -0.337. The second-order valence-electron chi connectivity index (χ2n) is 6.48. The lowest BCUT2D eigenvalue weighted by Crippen LogP contribution is -2.03. The quantitative estimate of drug-likeness (QED) is 0.437. The molecule has 0 radical (unpaired) electrons. The van der Waals surface area contributed by atoms with Crippen LogP contribution < -0.4 is 0 Å². The Morgan fingerprint density at radius 2 is 1.67 bits per heavy atom. The van der Waals surface area contributed by atoms with Crippen LogP contribution in [0.3, 0.4) is 0 Å². The standard InChI is InChI=1S/C23H16N2O2/c1-27-23(26)17-9-5-3-7-15(17)18-12-21-22(16-8-4-2-6-14(16)18)19-13-24-11-10-20(19)25-21/h2-13,25H,1H3. The van der Waals surface area contributed by atoms with Gasteiger partial charge < -0.3 is 9.72 Å². The van der Waals surface area contributed by atoms with Crippen LogP contribution in [-0.2, 0) is 4.74 Å². The smallest absolute Gasteiger partial charge is 0.338 e. The fraction of sp³-hybridized carbons (Fsp3) is 0.0435. The van der Waals surface area contributed by atoms with E-state index in [2.05, 4.69) is 28.2 Å². The molecule has 1 N–H and O–H groups in total. The molecule has 0 saturated carbocycles. The van der Waals surface area contributed by atoms with Crippen LogP contribution in [0.2, 0.25) is 0 Å². The van der Waals surface area contributed by atoms with Crippen LogP contribution >= 0.6 is 0 Å². The number of rotatable bonds is 2. The molecule has 0 aliphatic carbocycles. The van der Waals surface area contributed by atoms with Crippen LogP contribution in [-0.4, -0.2) is 23.0 Å². The zero-order valence-corrected chi connectivity index (χ0v) is 14.7. The van der Waals surface area contributed by atoms with Gasteiger partial charge in [0.2, 0.25) is 0 Å². The predicted octanol–water partition coefficient (Wildman–Crippen LogP) is 5.32. The van der Waals surface area contributed by atoms with Gasteiger partial charge in [0, 0.05) is 34.2 Å². The van der Waals surface area contributed by atoms with Crippen molar-refractivity contribution in [2.45, 2.75) is 0 Å². The molecule has 4 nitrogen and oxygen atoms in total. The fourth-order valence-electron chi connectivity index (χ4n) is 3.84. The van der Waals surface area contributed by atoms with Crippen molar-refractivity contribution in [3.05, 3.63) is 78.6 Å². The van der Waals surface area contributed by atoms with E-state index in [0.29, 0.717) is 5.56 Å². The summed E-state index contributed by atoms with van der Waals surface area (Å²) in [7, 11) is 1.41. The molecule has 2 aromatic heterocycles. The van der Waals surface area contributed by atoms with E-state index in [1.165, 1.54) is 7.11 Å². The van der Waals surface area contributed by atoms with Crippen LogP contribution in [0.25, 0.3) is 43.7 Å². The molecular formula is C23H16N2O2. The molecule has 27 heavy (non-hydrogen) atoms. The number of hydrogen-bond acceptors (Lipinski definition) is 3. The summed E-state index contributed by atoms with van der Waals surface area (Å²) in [5, 5.41) is 4.46. The number of esters is 1. The Morgan fingerprint density at radius 1 is 0.889 bits per heavy atom. The third-order valence-corrected chi connectivity index (χ3v) is 5.03. The van der Waals surface area contributed by atoms with Gasteiger partial charge in [-0.05, 0) is 40.1 Å². The maximum Gasteiger partial charge on any atom is 0.338 e. The van der Waals surface area contributed by atoms with Crippen molar-refractivity contribution >= 4 is 38.5 Å². The van der Waals surface area contributed by atoms with Gasteiger partial charge in [-0.1, -0.05) is 42.5 Å². The van der Waals surface area contributed by atoms with Crippen LogP contribution in [0.5, 0.6) is 0 Å². The number of aromatic amines is 1. The third-order valence-electron chi connectivity index (χ3n) is 5.03. The Kier molecular flexibility index (Phi) is 3.44. The summed E-state index contributed by atoms with van der Waals surface area (Å²) in [6.07, 6.45) is 3.68. The number of aromatic nitrogens is 2. The number of nitrogens with zero attached hydrogens (tertiary/aromatic N) is 1. The first-order valence-corrected chi connectivity index (χ1v) is 8.73. The lowest BCUT2D eigenvalue weighted by Gasteiger charge is -2.12. The van der Waals surface area contributed by atoms with Crippen LogP contribution in [0.15, 0.2) is 73.1 Å². The molecule has 2 heterocycles. The highest BCUT2D eigenvalue weighted by molar-refractivity contribution is 6.23. The van der Waals surface area contributed by atoms with Gasteiger partial charge in [-0.2, -0.15) is 0 Å². The second-order valence-corrected chi connectivity index (χ2v) is 6.48. The maximum absolute atomic E-state index is 12.3. The molecule has 0 aliphatic heterocycles. The summed E-state index contributed by atoms with van der Waals surface area (Å²) in [5.41, 5.74) is 4.48. The first-order chi connectivity index (χ1) is 13.3. The number of pyridine rings is 1. The SMILES string of the molecule is COC(=O)c1ccccc1-c1cc2[nH]c3ccncc3c2c2ccccc12. The molecule has 130 valence electrons.